The number of nitrogens with zero attached hydrogens (tertiary/aromatic N) is 1. The number of hydrogen-bond donors (Lipinski definition) is 1. The van der Waals surface area contributed by atoms with Crippen molar-refractivity contribution in [3.8, 4) is 0 Å². The first-order valence-electron chi connectivity index (χ1n) is 11.4. The predicted molar refractivity (Wildman–Crippen MR) is 129 cm³/mol. The number of fused-ring (bicyclic) bond motifs is 1. The fourth-order valence-corrected chi connectivity index (χ4v) is 4.38. The molecule has 2 amide bonds. The Morgan fingerprint density at radius 2 is 1.64 bits per heavy atom. The van der Waals surface area contributed by atoms with Gasteiger partial charge in [0.2, 0.25) is 5.91 Å². The van der Waals surface area contributed by atoms with E-state index in [0.717, 1.165) is 46.1 Å². The first-order chi connectivity index (χ1) is 16.0. The quantitative estimate of drug-likeness (QED) is 0.545. The normalized spacial score (nSPS) is 15.6. The van der Waals surface area contributed by atoms with Gasteiger partial charge in [0.15, 0.2) is 6.61 Å². The highest BCUT2D eigenvalue weighted by molar-refractivity contribution is 6.06. The summed E-state index contributed by atoms with van der Waals surface area (Å²) in [4.78, 5) is 39.5. The summed E-state index contributed by atoms with van der Waals surface area (Å²) in [5.74, 6) is -1.63. The number of anilines is 2. The molecule has 0 radical (unpaired) electrons. The van der Waals surface area contributed by atoms with Crippen LogP contribution in [0.4, 0.5) is 11.4 Å². The average molecular weight is 445 g/mol. The summed E-state index contributed by atoms with van der Waals surface area (Å²) < 4.78 is 5.30. The molecule has 0 bridgehead atoms. The van der Waals surface area contributed by atoms with Gasteiger partial charge in [0.1, 0.15) is 0 Å². The van der Waals surface area contributed by atoms with E-state index >= 15 is 0 Å². The highest BCUT2D eigenvalue weighted by atomic mass is 16.5. The molecule has 170 valence electrons. The van der Waals surface area contributed by atoms with Gasteiger partial charge in [-0.25, -0.2) is 0 Å². The number of aryl methyl sites for hydroxylation is 2. The second kappa shape index (κ2) is 9.86. The van der Waals surface area contributed by atoms with Crippen LogP contribution in [-0.2, 0) is 32.0 Å². The van der Waals surface area contributed by atoms with Crippen molar-refractivity contribution in [2.45, 2.75) is 33.1 Å². The molecule has 1 fully saturated rings. The standard InChI is InChI=1S/C27H28N2O4/c1-3-18-10-7-11-19(4-2)26(18)28-24(30)17-33-27(32)21-15-25(31)29(16-21)23-14-8-12-20-9-5-6-13-22(20)23/h5-14,21H,3-4,15-17H2,1-2H3,(H,28,30)/t21-/m1/s1. The van der Waals surface area contributed by atoms with Crippen molar-refractivity contribution in [1.29, 1.82) is 0 Å². The Morgan fingerprint density at radius 3 is 2.36 bits per heavy atom. The van der Waals surface area contributed by atoms with Crippen molar-refractivity contribution in [1.82, 2.24) is 0 Å². The van der Waals surface area contributed by atoms with Crippen LogP contribution in [0.5, 0.6) is 0 Å². The zero-order valence-electron chi connectivity index (χ0n) is 19.0. The van der Waals surface area contributed by atoms with Gasteiger partial charge in [-0.3, -0.25) is 14.4 Å². The van der Waals surface area contributed by atoms with Crippen molar-refractivity contribution in [3.05, 3.63) is 71.8 Å². The van der Waals surface area contributed by atoms with E-state index in [9.17, 15) is 14.4 Å². The number of esters is 1. The van der Waals surface area contributed by atoms with E-state index in [2.05, 4.69) is 5.32 Å². The molecule has 1 atom stereocenters. The third-order valence-corrected chi connectivity index (χ3v) is 6.12. The number of ether oxygens (including phenoxy) is 1. The smallest absolute Gasteiger partial charge is 0.311 e. The first kappa shape index (κ1) is 22.5. The van der Waals surface area contributed by atoms with Crippen LogP contribution < -0.4 is 10.2 Å². The second-order valence-electron chi connectivity index (χ2n) is 8.22. The fourth-order valence-electron chi connectivity index (χ4n) is 4.38. The number of benzene rings is 3. The maximum absolute atomic E-state index is 12.7. The van der Waals surface area contributed by atoms with Crippen LogP contribution in [0.25, 0.3) is 10.8 Å². The molecular formula is C27H28N2O4. The SMILES string of the molecule is CCc1cccc(CC)c1NC(=O)COC(=O)[C@@H]1CC(=O)N(c2cccc3ccccc23)C1. The van der Waals surface area contributed by atoms with Gasteiger partial charge in [-0.2, -0.15) is 0 Å². The topological polar surface area (TPSA) is 75.7 Å². The molecule has 0 saturated carbocycles. The molecule has 4 rings (SSSR count). The van der Waals surface area contributed by atoms with E-state index in [1.807, 2.05) is 74.5 Å². The van der Waals surface area contributed by atoms with Gasteiger partial charge in [-0.05, 0) is 35.4 Å². The number of carbonyl (C=O) groups excluding carboxylic acids is 3. The zero-order valence-corrected chi connectivity index (χ0v) is 19.0. The van der Waals surface area contributed by atoms with Gasteiger partial charge in [0.25, 0.3) is 5.91 Å². The minimum atomic E-state index is -0.599. The van der Waals surface area contributed by atoms with Crippen molar-refractivity contribution >= 4 is 39.9 Å². The lowest BCUT2D eigenvalue weighted by Crippen LogP contribution is -2.28. The largest absolute Gasteiger partial charge is 0.455 e. The van der Waals surface area contributed by atoms with Crippen LogP contribution in [0, 0.1) is 5.92 Å². The van der Waals surface area contributed by atoms with Crippen LogP contribution in [0.1, 0.15) is 31.4 Å². The highest BCUT2D eigenvalue weighted by Gasteiger charge is 2.37. The average Bonchev–Trinajstić information content (AvgIpc) is 3.23. The molecular weight excluding hydrogens is 416 g/mol. The molecule has 1 saturated heterocycles. The van der Waals surface area contributed by atoms with E-state index in [1.165, 1.54) is 0 Å². The first-order valence-corrected chi connectivity index (χ1v) is 11.4. The summed E-state index contributed by atoms with van der Waals surface area (Å²) in [6.07, 6.45) is 1.65. The molecule has 6 nitrogen and oxygen atoms in total. The predicted octanol–water partition coefficient (Wildman–Crippen LogP) is 4.50. The second-order valence-corrected chi connectivity index (χ2v) is 8.22. The van der Waals surface area contributed by atoms with Crippen molar-refractivity contribution < 1.29 is 19.1 Å². The minimum absolute atomic E-state index is 0.0718. The molecule has 0 unspecified atom stereocenters. The van der Waals surface area contributed by atoms with Gasteiger partial charge in [0.05, 0.1) is 11.6 Å². The molecule has 3 aromatic rings. The number of para-hydroxylation sites is 1. The Kier molecular flexibility index (Phi) is 6.73. The number of hydrogen-bond acceptors (Lipinski definition) is 4. The molecule has 1 aliphatic rings. The Balaban J connectivity index is 1.39. The van der Waals surface area contributed by atoms with Crippen LogP contribution in [0.3, 0.4) is 0 Å². The molecule has 1 N–H and O–H groups in total. The summed E-state index contributed by atoms with van der Waals surface area (Å²) in [6, 6.07) is 19.5. The van der Waals surface area contributed by atoms with Crippen LogP contribution in [0.2, 0.25) is 0 Å². The third-order valence-electron chi connectivity index (χ3n) is 6.12. The molecule has 1 aliphatic heterocycles. The molecule has 1 heterocycles. The van der Waals surface area contributed by atoms with Crippen LogP contribution in [-0.4, -0.2) is 30.9 Å². The maximum Gasteiger partial charge on any atom is 0.311 e. The monoisotopic (exact) mass is 444 g/mol. The summed E-state index contributed by atoms with van der Waals surface area (Å²) in [7, 11) is 0. The lowest BCUT2D eigenvalue weighted by Gasteiger charge is -2.19. The fraction of sp³-hybridized carbons (Fsp3) is 0.296. The molecule has 0 spiro atoms. The van der Waals surface area contributed by atoms with E-state index in [0.29, 0.717) is 0 Å². The molecule has 33 heavy (non-hydrogen) atoms. The van der Waals surface area contributed by atoms with E-state index < -0.39 is 11.9 Å². The molecule has 6 heteroatoms. The van der Waals surface area contributed by atoms with Crippen LogP contribution >= 0.6 is 0 Å². The third kappa shape index (κ3) is 4.75. The lowest BCUT2D eigenvalue weighted by molar-refractivity contribution is -0.151. The summed E-state index contributed by atoms with van der Waals surface area (Å²) in [6.45, 7) is 3.93. The number of carbonyl (C=O) groups is 3. The highest BCUT2D eigenvalue weighted by Crippen LogP contribution is 2.32. The number of rotatable bonds is 7. The Morgan fingerprint density at radius 1 is 0.970 bits per heavy atom. The Labute approximate surface area is 193 Å². The molecule has 3 aromatic carbocycles. The molecule has 0 aromatic heterocycles. The van der Waals surface area contributed by atoms with Crippen LogP contribution in [0.15, 0.2) is 60.7 Å². The number of nitrogens with one attached hydrogen (secondary N) is 1. The van der Waals surface area contributed by atoms with Crippen molar-refractivity contribution in [3.63, 3.8) is 0 Å². The van der Waals surface area contributed by atoms with Gasteiger partial charge in [-0.15, -0.1) is 0 Å². The maximum atomic E-state index is 12.7. The van der Waals surface area contributed by atoms with Gasteiger partial charge in [-0.1, -0.05) is 68.4 Å². The number of amides is 2. The molecule has 0 aliphatic carbocycles. The Bertz CT molecular complexity index is 1180. The van der Waals surface area contributed by atoms with Gasteiger partial charge in [0, 0.05) is 24.0 Å². The Hall–Kier alpha value is -3.67. The minimum Gasteiger partial charge on any atom is -0.455 e. The van der Waals surface area contributed by atoms with Crippen molar-refractivity contribution in [2.24, 2.45) is 5.92 Å². The summed E-state index contributed by atoms with van der Waals surface area (Å²) >= 11 is 0. The van der Waals surface area contributed by atoms with Gasteiger partial charge >= 0.3 is 5.97 Å². The van der Waals surface area contributed by atoms with Crippen molar-refractivity contribution in [2.75, 3.05) is 23.4 Å². The van der Waals surface area contributed by atoms with E-state index in [-0.39, 0.29) is 31.4 Å². The zero-order chi connectivity index (χ0) is 23.4. The summed E-state index contributed by atoms with van der Waals surface area (Å²) in [5, 5.41) is 4.89. The lowest BCUT2D eigenvalue weighted by atomic mass is 10.0. The summed E-state index contributed by atoms with van der Waals surface area (Å²) in [5.41, 5.74) is 3.67. The van der Waals surface area contributed by atoms with Gasteiger partial charge < -0.3 is 15.0 Å². The van der Waals surface area contributed by atoms with E-state index in [1.54, 1.807) is 4.90 Å². The van der Waals surface area contributed by atoms with E-state index in [4.69, 9.17) is 4.74 Å².